The first-order chi connectivity index (χ1) is 10.3. The summed E-state index contributed by atoms with van der Waals surface area (Å²) in [5.74, 6) is -0.153. The molecule has 1 heterocycles. The Kier molecular flexibility index (Phi) is 5.18. The summed E-state index contributed by atoms with van der Waals surface area (Å²) in [7, 11) is -3.91. The maximum atomic E-state index is 12.4. The van der Waals surface area contributed by atoms with Crippen LogP contribution in [0.15, 0.2) is 40.0 Å². The van der Waals surface area contributed by atoms with Gasteiger partial charge in [-0.15, -0.1) is 0 Å². The van der Waals surface area contributed by atoms with Crippen LogP contribution in [-0.4, -0.2) is 19.3 Å². The minimum Gasteiger partial charge on any atom is -0.274 e. The number of fused-ring (bicyclic) bond motifs is 1. The van der Waals surface area contributed by atoms with Crippen molar-refractivity contribution in [3.05, 3.63) is 35.1 Å². The summed E-state index contributed by atoms with van der Waals surface area (Å²) in [5.41, 5.74) is 0. The van der Waals surface area contributed by atoms with Gasteiger partial charge in [-0.2, -0.15) is 0 Å². The smallest absolute Gasteiger partial charge is 0.264 e. The summed E-state index contributed by atoms with van der Waals surface area (Å²) in [6.07, 6.45) is 3.89. The molecule has 0 atom stereocenters. The largest absolute Gasteiger partial charge is 0.274 e. The minimum atomic E-state index is -3.91. The van der Waals surface area contributed by atoms with Crippen LogP contribution in [-0.2, 0) is 14.8 Å². The lowest BCUT2D eigenvalue weighted by atomic mass is 10.1. The number of halogens is 1. The van der Waals surface area contributed by atoms with Crippen LogP contribution >= 0.6 is 15.9 Å². The molecule has 0 aliphatic rings. The molecule has 2 rings (SSSR count). The highest BCUT2D eigenvalue weighted by Gasteiger charge is 2.21. The molecule has 0 saturated carbocycles. The second kappa shape index (κ2) is 6.75. The zero-order valence-electron chi connectivity index (χ0n) is 12.3. The molecule has 5 nitrogen and oxygen atoms in total. The maximum absolute atomic E-state index is 12.4. The van der Waals surface area contributed by atoms with E-state index in [1.54, 1.807) is 18.3 Å². The van der Waals surface area contributed by atoms with Gasteiger partial charge in [0.1, 0.15) is 0 Å². The van der Waals surface area contributed by atoms with E-state index < -0.39 is 15.9 Å². The summed E-state index contributed by atoms with van der Waals surface area (Å²) in [6, 6.07) is 4.83. The van der Waals surface area contributed by atoms with E-state index in [1.807, 2.05) is 13.8 Å². The first-order valence-electron chi connectivity index (χ1n) is 6.89. The van der Waals surface area contributed by atoms with Crippen molar-refractivity contribution in [1.29, 1.82) is 0 Å². The van der Waals surface area contributed by atoms with Crippen molar-refractivity contribution in [1.82, 2.24) is 9.71 Å². The Bertz CT molecular complexity index is 804. The highest BCUT2D eigenvalue weighted by atomic mass is 79.9. The molecule has 1 aromatic carbocycles. The predicted octanol–water partition coefficient (Wildman–Crippen LogP) is 3.24. The average molecular weight is 385 g/mol. The van der Waals surface area contributed by atoms with E-state index in [-0.39, 0.29) is 11.3 Å². The van der Waals surface area contributed by atoms with Gasteiger partial charge in [0, 0.05) is 34.1 Å². The van der Waals surface area contributed by atoms with Gasteiger partial charge in [-0.05, 0) is 30.5 Å². The second-order valence-electron chi connectivity index (χ2n) is 5.43. The Labute approximate surface area is 138 Å². The zero-order chi connectivity index (χ0) is 16.3. The molecule has 118 valence electrons. The van der Waals surface area contributed by atoms with Crippen molar-refractivity contribution in [2.45, 2.75) is 31.6 Å². The Balaban J connectivity index is 2.34. The Morgan fingerprint density at radius 1 is 1.27 bits per heavy atom. The normalized spacial score (nSPS) is 11.8. The Morgan fingerprint density at radius 3 is 2.68 bits per heavy atom. The minimum absolute atomic E-state index is 0.0525. The number of nitrogens with zero attached hydrogens (tertiary/aromatic N) is 1. The van der Waals surface area contributed by atoms with Crippen molar-refractivity contribution >= 4 is 42.6 Å². The fourth-order valence-electron chi connectivity index (χ4n) is 2.04. The Hall–Kier alpha value is -1.47. The molecule has 0 bridgehead atoms. The number of nitrogens with one attached hydrogen (secondary N) is 1. The number of aromatic nitrogens is 1. The quantitative estimate of drug-likeness (QED) is 0.858. The topological polar surface area (TPSA) is 76.1 Å². The van der Waals surface area contributed by atoms with Crippen LogP contribution in [0.25, 0.3) is 10.8 Å². The van der Waals surface area contributed by atoms with Crippen LogP contribution in [0.5, 0.6) is 0 Å². The van der Waals surface area contributed by atoms with E-state index in [1.165, 1.54) is 12.3 Å². The van der Waals surface area contributed by atoms with Gasteiger partial charge in [0.25, 0.3) is 10.0 Å². The van der Waals surface area contributed by atoms with E-state index >= 15 is 0 Å². The number of sulfonamides is 1. The number of hydrogen-bond donors (Lipinski definition) is 1. The molecule has 0 aliphatic carbocycles. The number of carbonyl (C=O) groups is 1. The standard InChI is InChI=1S/C15H17BrN2O3S/c1-10(2)3-6-15(19)18-22(20,21)14-5-4-13(16)11-7-8-17-9-12(11)14/h4-5,7-10H,3,6H2,1-2H3,(H,18,19). The number of benzene rings is 1. The molecule has 1 amide bonds. The molecule has 0 fully saturated rings. The highest BCUT2D eigenvalue weighted by Crippen LogP contribution is 2.28. The molecule has 0 spiro atoms. The SMILES string of the molecule is CC(C)CCC(=O)NS(=O)(=O)c1ccc(Br)c2ccncc12. The van der Waals surface area contributed by atoms with Crippen LogP contribution in [0.2, 0.25) is 0 Å². The van der Waals surface area contributed by atoms with Crippen molar-refractivity contribution in [3.8, 4) is 0 Å². The number of pyridine rings is 1. The molecule has 0 radical (unpaired) electrons. The van der Waals surface area contributed by atoms with Gasteiger partial charge in [0.15, 0.2) is 0 Å². The van der Waals surface area contributed by atoms with E-state index in [0.717, 1.165) is 9.86 Å². The summed E-state index contributed by atoms with van der Waals surface area (Å²) in [6.45, 7) is 3.96. The van der Waals surface area contributed by atoms with E-state index in [9.17, 15) is 13.2 Å². The van der Waals surface area contributed by atoms with Gasteiger partial charge in [0.05, 0.1) is 4.90 Å². The molecule has 1 aromatic heterocycles. The van der Waals surface area contributed by atoms with Crippen molar-refractivity contribution in [2.24, 2.45) is 5.92 Å². The van der Waals surface area contributed by atoms with Gasteiger partial charge in [-0.1, -0.05) is 29.8 Å². The number of rotatable bonds is 5. The lowest BCUT2D eigenvalue weighted by molar-refractivity contribution is -0.119. The summed E-state index contributed by atoms with van der Waals surface area (Å²) in [4.78, 5) is 15.8. The maximum Gasteiger partial charge on any atom is 0.264 e. The predicted molar refractivity (Wildman–Crippen MR) is 88.8 cm³/mol. The van der Waals surface area contributed by atoms with E-state index in [4.69, 9.17) is 0 Å². The van der Waals surface area contributed by atoms with Crippen LogP contribution in [0, 0.1) is 5.92 Å². The van der Waals surface area contributed by atoms with Gasteiger partial charge >= 0.3 is 0 Å². The number of amides is 1. The molecule has 22 heavy (non-hydrogen) atoms. The molecular weight excluding hydrogens is 368 g/mol. The number of carbonyl (C=O) groups excluding carboxylic acids is 1. The Morgan fingerprint density at radius 2 is 2.00 bits per heavy atom. The monoisotopic (exact) mass is 384 g/mol. The molecule has 0 unspecified atom stereocenters. The van der Waals surface area contributed by atoms with Gasteiger partial charge in [-0.3, -0.25) is 9.78 Å². The molecular formula is C15H17BrN2O3S. The van der Waals surface area contributed by atoms with E-state index in [0.29, 0.717) is 17.7 Å². The third kappa shape index (κ3) is 3.84. The molecule has 7 heteroatoms. The lowest BCUT2D eigenvalue weighted by Crippen LogP contribution is -2.30. The van der Waals surface area contributed by atoms with Crippen LogP contribution in [0.3, 0.4) is 0 Å². The van der Waals surface area contributed by atoms with Crippen LogP contribution in [0.4, 0.5) is 0 Å². The summed E-state index contributed by atoms with van der Waals surface area (Å²) in [5, 5.41) is 1.20. The lowest BCUT2D eigenvalue weighted by Gasteiger charge is -2.11. The highest BCUT2D eigenvalue weighted by molar-refractivity contribution is 9.10. The number of hydrogen-bond acceptors (Lipinski definition) is 4. The third-order valence-electron chi connectivity index (χ3n) is 3.21. The average Bonchev–Trinajstić information content (AvgIpc) is 2.45. The second-order valence-corrected chi connectivity index (χ2v) is 7.93. The van der Waals surface area contributed by atoms with Crippen LogP contribution < -0.4 is 4.72 Å². The van der Waals surface area contributed by atoms with Gasteiger partial charge in [0.2, 0.25) is 5.91 Å². The summed E-state index contributed by atoms with van der Waals surface area (Å²) < 4.78 is 27.8. The van der Waals surface area contributed by atoms with Crippen molar-refractivity contribution in [3.63, 3.8) is 0 Å². The fraction of sp³-hybridized carbons (Fsp3) is 0.333. The van der Waals surface area contributed by atoms with Gasteiger partial charge < -0.3 is 0 Å². The first kappa shape index (κ1) is 16.9. The summed E-state index contributed by atoms with van der Waals surface area (Å²) >= 11 is 3.38. The van der Waals surface area contributed by atoms with Crippen molar-refractivity contribution in [2.75, 3.05) is 0 Å². The van der Waals surface area contributed by atoms with E-state index in [2.05, 4.69) is 25.6 Å². The molecule has 2 aromatic rings. The van der Waals surface area contributed by atoms with Crippen molar-refractivity contribution < 1.29 is 13.2 Å². The first-order valence-corrected chi connectivity index (χ1v) is 9.17. The third-order valence-corrected chi connectivity index (χ3v) is 5.33. The molecule has 1 N–H and O–H groups in total. The molecule has 0 aliphatic heterocycles. The van der Waals surface area contributed by atoms with Gasteiger partial charge in [-0.25, -0.2) is 13.1 Å². The molecule has 0 saturated heterocycles. The van der Waals surface area contributed by atoms with Crippen LogP contribution in [0.1, 0.15) is 26.7 Å². The zero-order valence-corrected chi connectivity index (χ0v) is 14.7. The fourth-order valence-corrected chi connectivity index (χ4v) is 3.73.